The van der Waals surface area contributed by atoms with E-state index in [2.05, 4.69) is 35.4 Å². The van der Waals surface area contributed by atoms with Gasteiger partial charge in [0.25, 0.3) is 0 Å². The largest absolute Gasteiger partial charge is 0.376 e. The SMILES string of the molecule is CCN(CC)c1ccc(NCC(=O)NC2CCS(=O)(=O)C2)c(C)c1. The van der Waals surface area contributed by atoms with Crippen molar-refractivity contribution in [1.82, 2.24) is 5.32 Å². The number of hydrogen-bond donors (Lipinski definition) is 2. The number of benzene rings is 1. The van der Waals surface area contributed by atoms with Crippen LogP contribution in [0.4, 0.5) is 11.4 Å². The van der Waals surface area contributed by atoms with E-state index in [9.17, 15) is 13.2 Å². The van der Waals surface area contributed by atoms with E-state index in [4.69, 9.17) is 0 Å². The van der Waals surface area contributed by atoms with Gasteiger partial charge in [-0.3, -0.25) is 4.79 Å². The zero-order valence-corrected chi connectivity index (χ0v) is 15.4. The number of nitrogens with one attached hydrogen (secondary N) is 2. The molecule has 1 amide bonds. The van der Waals surface area contributed by atoms with Crippen LogP contribution in [0.25, 0.3) is 0 Å². The van der Waals surface area contributed by atoms with Crippen LogP contribution < -0.4 is 15.5 Å². The molecule has 0 bridgehead atoms. The van der Waals surface area contributed by atoms with Crippen LogP contribution in [0.3, 0.4) is 0 Å². The van der Waals surface area contributed by atoms with Crippen LogP contribution in [0.2, 0.25) is 0 Å². The zero-order chi connectivity index (χ0) is 17.7. The van der Waals surface area contributed by atoms with Gasteiger partial charge in [0.2, 0.25) is 5.91 Å². The van der Waals surface area contributed by atoms with E-state index in [1.807, 2.05) is 19.1 Å². The summed E-state index contributed by atoms with van der Waals surface area (Å²) in [5, 5.41) is 5.91. The van der Waals surface area contributed by atoms with Crippen LogP contribution in [-0.4, -0.2) is 51.5 Å². The van der Waals surface area contributed by atoms with E-state index in [0.29, 0.717) is 6.42 Å². The molecule has 0 spiro atoms. The van der Waals surface area contributed by atoms with Gasteiger partial charge in [-0.2, -0.15) is 0 Å². The van der Waals surface area contributed by atoms with Gasteiger partial charge in [0.15, 0.2) is 9.84 Å². The highest BCUT2D eigenvalue weighted by molar-refractivity contribution is 7.91. The fourth-order valence-electron chi connectivity index (χ4n) is 2.99. The second-order valence-corrected chi connectivity index (χ2v) is 8.42. The summed E-state index contributed by atoms with van der Waals surface area (Å²) in [5.74, 6) is 0.0394. The molecule has 1 heterocycles. The van der Waals surface area contributed by atoms with E-state index in [0.717, 1.165) is 24.3 Å². The predicted octanol–water partition coefficient (Wildman–Crippen LogP) is 1.56. The molecule has 2 rings (SSSR count). The summed E-state index contributed by atoms with van der Waals surface area (Å²) >= 11 is 0. The summed E-state index contributed by atoms with van der Waals surface area (Å²) in [6.07, 6.45) is 0.506. The Bertz CT molecular complexity index is 684. The Kier molecular flexibility index (Phi) is 6.10. The Morgan fingerprint density at radius 3 is 2.54 bits per heavy atom. The van der Waals surface area contributed by atoms with Crippen molar-refractivity contribution in [2.75, 3.05) is 41.4 Å². The number of amides is 1. The molecule has 0 saturated carbocycles. The van der Waals surface area contributed by atoms with E-state index in [1.165, 1.54) is 5.69 Å². The maximum absolute atomic E-state index is 12.0. The van der Waals surface area contributed by atoms with Crippen molar-refractivity contribution in [3.8, 4) is 0 Å². The molecule has 24 heavy (non-hydrogen) atoms. The Morgan fingerprint density at radius 1 is 1.29 bits per heavy atom. The summed E-state index contributed by atoms with van der Waals surface area (Å²) in [5.41, 5.74) is 3.17. The quantitative estimate of drug-likeness (QED) is 0.778. The third kappa shape index (κ3) is 4.87. The Hall–Kier alpha value is -1.76. The molecule has 2 N–H and O–H groups in total. The predicted molar refractivity (Wildman–Crippen MR) is 98.4 cm³/mol. The lowest BCUT2D eigenvalue weighted by Gasteiger charge is -2.22. The van der Waals surface area contributed by atoms with Gasteiger partial charge < -0.3 is 15.5 Å². The Balaban J connectivity index is 1.89. The third-order valence-electron chi connectivity index (χ3n) is 4.38. The van der Waals surface area contributed by atoms with Gasteiger partial charge in [0.05, 0.1) is 18.1 Å². The molecule has 134 valence electrons. The number of hydrogen-bond acceptors (Lipinski definition) is 5. The molecule has 0 aromatic heterocycles. The van der Waals surface area contributed by atoms with Crippen molar-refractivity contribution >= 4 is 27.1 Å². The van der Waals surface area contributed by atoms with E-state index >= 15 is 0 Å². The molecule has 1 aromatic rings. The van der Waals surface area contributed by atoms with Crippen molar-refractivity contribution in [3.63, 3.8) is 0 Å². The summed E-state index contributed by atoms with van der Waals surface area (Å²) < 4.78 is 22.8. The first-order valence-corrected chi connectivity index (χ1v) is 10.3. The molecule has 0 radical (unpaired) electrons. The summed E-state index contributed by atoms with van der Waals surface area (Å²) in [4.78, 5) is 14.3. The Labute approximate surface area is 144 Å². The maximum atomic E-state index is 12.0. The molecule has 1 saturated heterocycles. The molecular weight excluding hydrogens is 326 g/mol. The lowest BCUT2D eigenvalue weighted by atomic mass is 10.1. The van der Waals surface area contributed by atoms with Crippen molar-refractivity contribution < 1.29 is 13.2 Å². The highest BCUT2D eigenvalue weighted by Crippen LogP contribution is 2.22. The van der Waals surface area contributed by atoms with Crippen LogP contribution in [0.1, 0.15) is 25.8 Å². The number of sulfone groups is 1. The number of aryl methyl sites for hydroxylation is 1. The van der Waals surface area contributed by atoms with Crippen molar-refractivity contribution in [2.45, 2.75) is 33.2 Å². The molecule has 1 aliphatic rings. The zero-order valence-electron chi connectivity index (χ0n) is 14.6. The van der Waals surface area contributed by atoms with Gasteiger partial charge in [-0.15, -0.1) is 0 Å². The minimum absolute atomic E-state index is 0.0519. The van der Waals surface area contributed by atoms with Crippen LogP contribution in [0, 0.1) is 6.92 Å². The molecule has 1 aliphatic heterocycles. The number of carbonyl (C=O) groups excluding carboxylic acids is 1. The van der Waals surface area contributed by atoms with Gasteiger partial charge in [0.1, 0.15) is 0 Å². The molecule has 1 atom stereocenters. The number of anilines is 2. The first kappa shape index (κ1) is 18.6. The topological polar surface area (TPSA) is 78.5 Å². The maximum Gasteiger partial charge on any atom is 0.239 e. The first-order valence-electron chi connectivity index (χ1n) is 8.44. The van der Waals surface area contributed by atoms with Crippen LogP contribution in [0.5, 0.6) is 0 Å². The highest BCUT2D eigenvalue weighted by Gasteiger charge is 2.28. The lowest BCUT2D eigenvalue weighted by molar-refractivity contribution is -0.119. The third-order valence-corrected chi connectivity index (χ3v) is 6.14. The van der Waals surface area contributed by atoms with Crippen molar-refractivity contribution in [3.05, 3.63) is 23.8 Å². The number of rotatable bonds is 7. The van der Waals surface area contributed by atoms with Crippen LogP contribution in [-0.2, 0) is 14.6 Å². The molecule has 0 aliphatic carbocycles. The fraction of sp³-hybridized carbons (Fsp3) is 0.588. The molecule has 1 aromatic carbocycles. The van der Waals surface area contributed by atoms with Gasteiger partial charge in [-0.1, -0.05) is 0 Å². The van der Waals surface area contributed by atoms with Gasteiger partial charge in [0, 0.05) is 30.5 Å². The van der Waals surface area contributed by atoms with Crippen molar-refractivity contribution in [1.29, 1.82) is 0 Å². The molecule has 1 fully saturated rings. The number of carbonyl (C=O) groups is 1. The van der Waals surface area contributed by atoms with Gasteiger partial charge >= 0.3 is 0 Å². The average molecular weight is 353 g/mol. The summed E-state index contributed by atoms with van der Waals surface area (Å²) in [6.45, 7) is 8.31. The van der Waals surface area contributed by atoms with E-state index in [-0.39, 0.29) is 30.0 Å². The fourth-order valence-corrected chi connectivity index (χ4v) is 4.67. The monoisotopic (exact) mass is 353 g/mol. The summed E-state index contributed by atoms with van der Waals surface area (Å²) in [6, 6.07) is 5.88. The molecule has 6 nitrogen and oxygen atoms in total. The van der Waals surface area contributed by atoms with Crippen molar-refractivity contribution in [2.24, 2.45) is 0 Å². The second-order valence-electron chi connectivity index (χ2n) is 6.19. The normalized spacial score (nSPS) is 19.0. The van der Waals surface area contributed by atoms with E-state index < -0.39 is 9.84 Å². The van der Waals surface area contributed by atoms with E-state index in [1.54, 1.807) is 0 Å². The Morgan fingerprint density at radius 2 is 2.00 bits per heavy atom. The summed E-state index contributed by atoms with van der Waals surface area (Å²) in [7, 11) is -2.97. The van der Waals surface area contributed by atoms with Gasteiger partial charge in [-0.05, 0) is 51.0 Å². The minimum Gasteiger partial charge on any atom is -0.376 e. The van der Waals surface area contributed by atoms with Crippen LogP contribution >= 0.6 is 0 Å². The highest BCUT2D eigenvalue weighted by atomic mass is 32.2. The second kappa shape index (κ2) is 7.88. The molecule has 7 heteroatoms. The number of nitrogens with zero attached hydrogens (tertiary/aromatic N) is 1. The standard InChI is InChI=1S/C17H27N3O3S/c1-4-20(5-2)15-6-7-16(13(3)10-15)18-11-17(21)19-14-8-9-24(22,23)12-14/h6-7,10,14,18H,4-5,8-9,11-12H2,1-3H3,(H,19,21). The molecule has 1 unspecified atom stereocenters. The smallest absolute Gasteiger partial charge is 0.239 e. The lowest BCUT2D eigenvalue weighted by Crippen LogP contribution is -2.39. The molecular formula is C17H27N3O3S. The first-order chi connectivity index (χ1) is 11.3. The van der Waals surface area contributed by atoms with Crippen LogP contribution in [0.15, 0.2) is 18.2 Å². The average Bonchev–Trinajstić information content (AvgIpc) is 2.86. The van der Waals surface area contributed by atoms with Gasteiger partial charge in [-0.25, -0.2) is 8.42 Å². The minimum atomic E-state index is -2.97.